The Morgan fingerprint density at radius 1 is 0.680 bits per heavy atom. The maximum Gasteiger partial charge on any atom is 0.235 e. The first kappa shape index (κ1) is 30.1. The van der Waals surface area contributed by atoms with Crippen molar-refractivity contribution in [1.29, 1.82) is 0 Å². The van der Waals surface area contributed by atoms with E-state index in [0.29, 0.717) is 5.95 Å². The van der Waals surface area contributed by atoms with Crippen LogP contribution in [0.4, 0.5) is 5.69 Å². The molecule has 0 amide bonds. The molecule has 9 rings (SSSR count). The lowest BCUT2D eigenvalue weighted by molar-refractivity contribution is 0.404. The molecule has 2 aromatic heterocycles. The number of hydrogen-bond acceptors (Lipinski definition) is 3. The minimum absolute atomic E-state index is 0.138. The van der Waals surface area contributed by atoms with Crippen LogP contribution in [0.1, 0.15) is 36.6 Å². The molecule has 0 fully saturated rings. The number of aromatic nitrogens is 3. The fourth-order valence-corrected chi connectivity index (χ4v) is 7.91. The van der Waals surface area contributed by atoms with Crippen LogP contribution in [0.25, 0.3) is 56.0 Å². The molecule has 0 saturated carbocycles. The topological polar surface area (TPSA) is 34.0 Å². The van der Waals surface area contributed by atoms with Gasteiger partial charge in [-0.1, -0.05) is 146 Å². The first-order valence-electron chi connectivity index (χ1n) is 17.5. The largest absolute Gasteiger partial charge is 0.364 e. The number of benzene rings is 6. The second kappa shape index (κ2) is 12.2. The third kappa shape index (κ3) is 5.16. The van der Waals surface area contributed by atoms with Crippen LogP contribution >= 0.6 is 0 Å². The number of nitrogens with zero attached hydrogens (tertiary/aromatic N) is 4. The van der Waals surface area contributed by atoms with Gasteiger partial charge in [0.15, 0.2) is 0 Å². The van der Waals surface area contributed by atoms with E-state index < -0.39 is 0 Å². The zero-order valence-electron chi connectivity index (χ0n) is 28.4. The summed E-state index contributed by atoms with van der Waals surface area (Å²) in [5, 5.41) is 3.49. The van der Waals surface area contributed by atoms with Crippen molar-refractivity contribution in [3.63, 3.8) is 0 Å². The van der Waals surface area contributed by atoms with E-state index in [1.54, 1.807) is 0 Å². The van der Waals surface area contributed by atoms with E-state index in [2.05, 4.69) is 187 Å². The fourth-order valence-electron chi connectivity index (χ4n) is 7.91. The summed E-state index contributed by atoms with van der Waals surface area (Å²) >= 11 is 0. The van der Waals surface area contributed by atoms with Gasteiger partial charge in [-0.2, -0.15) is 0 Å². The molecule has 0 aliphatic heterocycles. The van der Waals surface area contributed by atoms with E-state index in [9.17, 15) is 0 Å². The molecule has 2 atom stereocenters. The van der Waals surface area contributed by atoms with E-state index in [4.69, 9.17) is 9.97 Å². The first-order chi connectivity index (χ1) is 24.6. The predicted octanol–water partition coefficient (Wildman–Crippen LogP) is 11.2. The van der Waals surface area contributed by atoms with Gasteiger partial charge in [0.2, 0.25) is 5.95 Å². The SMILES string of the molecule is CC(c1ccccc1)N(CC1(C)C=Cc2ccc3c4ccccc4n(-c4nc(-c5ccccc5)c5ccccc5n4)c3c2C1)c1ccccc1. The van der Waals surface area contributed by atoms with Gasteiger partial charge in [0.25, 0.3) is 0 Å². The van der Waals surface area contributed by atoms with Crippen LogP contribution in [0.3, 0.4) is 0 Å². The smallest absolute Gasteiger partial charge is 0.235 e. The summed E-state index contributed by atoms with van der Waals surface area (Å²) < 4.78 is 2.32. The van der Waals surface area contributed by atoms with Gasteiger partial charge in [-0.25, -0.2) is 9.97 Å². The van der Waals surface area contributed by atoms with Crippen LogP contribution in [0.5, 0.6) is 0 Å². The van der Waals surface area contributed by atoms with E-state index in [1.165, 1.54) is 38.7 Å². The minimum Gasteiger partial charge on any atom is -0.364 e. The van der Waals surface area contributed by atoms with Crippen LogP contribution < -0.4 is 4.90 Å². The van der Waals surface area contributed by atoms with Crippen molar-refractivity contribution >= 4 is 44.5 Å². The summed E-state index contributed by atoms with van der Waals surface area (Å²) in [7, 11) is 0. The average Bonchev–Trinajstić information content (AvgIpc) is 3.52. The highest BCUT2D eigenvalue weighted by atomic mass is 15.2. The molecule has 2 heterocycles. The first-order valence-corrected chi connectivity index (χ1v) is 17.5. The lowest BCUT2D eigenvalue weighted by atomic mass is 9.76. The van der Waals surface area contributed by atoms with Gasteiger partial charge in [-0.3, -0.25) is 4.57 Å². The second-order valence-corrected chi connectivity index (χ2v) is 13.9. The molecular formula is C46H38N4. The molecule has 4 nitrogen and oxygen atoms in total. The lowest BCUT2D eigenvalue weighted by Gasteiger charge is -2.40. The van der Waals surface area contributed by atoms with Crippen molar-refractivity contribution in [2.45, 2.75) is 26.3 Å². The molecule has 0 bridgehead atoms. The number of rotatable bonds is 7. The summed E-state index contributed by atoms with van der Waals surface area (Å²) in [5.74, 6) is 0.696. The highest BCUT2D eigenvalue weighted by molar-refractivity contribution is 6.11. The maximum absolute atomic E-state index is 5.37. The Balaban J connectivity index is 1.22. The van der Waals surface area contributed by atoms with Crippen LogP contribution in [-0.2, 0) is 6.42 Å². The van der Waals surface area contributed by atoms with E-state index in [0.717, 1.165) is 40.6 Å². The molecule has 6 aromatic carbocycles. The average molecular weight is 647 g/mol. The molecule has 242 valence electrons. The normalized spacial score (nSPS) is 16.1. The van der Waals surface area contributed by atoms with Crippen LogP contribution in [-0.4, -0.2) is 21.1 Å². The maximum atomic E-state index is 5.37. The Kier molecular flexibility index (Phi) is 7.31. The summed E-state index contributed by atoms with van der Waals surface area (Å²) in [6.45, 7) is 5.60. The van der Waals surface area contributed by atoms with Crippen molar-refractivity contribution in [3.05, 3.63) is 174 Å². The zero-order chi connectivity index (χ0) is 33.7. The molecule has 4 heteroatoms. The van der Waals surface area contributed by atoms with Gasteiger partial charge in [0.05, 0.1) is 28.3 Å². The predicted molar refractivity (Wildman–Crippen MR) is 209 cm³/mol. The van der Waals surface area contributed by atoms with Crippen LogP contribution in [0.15, 0.2) is 158 Å². The molecular weight excluding hydrogens is 609 g/mol. The molecule has 0 saturated heterocycles. The fraction of sp³-hybridized carbons (Fsp3) is 0.130. The Labute approximate surface area is 293 Å². The van der Waals surface area contributed by atoms with Crippen LogP contribution in [0, 0.1) is 5.41 Å². The number of fused-ring (bicyclic) bond motifs is 6. The van der Waals surface area contributed by atoms with Gasteiger partial charge in [-0.05, 0) is 54.3 Å². The molecule has 1 aliphatic carbocycles. The van der Waals surface area contributed by atoms with Gasteiger partial charge < -0.3 is 4.90 Å². The monoisotopic (exact) mass is 646 g/mol. The molecule has 50 heavy (non-hydrogen) atoms. The molecule has 0 spiro atoms. The molecule has 0 radical (unpaired) electrons. The van der Waals surface area contributed by atoms with Crippen molar-refractivity contribution in [2.75, 3.05) is 11.4 Å². The van der Waals surface area contributed by atoms with Crippen molar-refractivity contribution < 1.29 is 0 Å². The number of anilines is 1. The zero-order valence-corrected chi connectivity index (χ0v) is 28.4. The quantitative estimate of drug-likeness (QED) is 0.173. The lowest BCUT2D eigenvalue weighted by Crippen LogP contribution is -2.39. The molecule has 1 aliphatic rings. The Hall–Kier alpha value is -6.00. The molecule has 0 N–H and O–H groups in total. The van der Waals surface area contributed by atoms with Crippen molar-refractivity contribution in [1.82, 2.24) is 14.5 Å². The summed E-state index contributed by atoms with van der Waals surface area (Å²) in [6.07, 6.45) is 5.66. The summed E-state index contributed by atoms with van der Waals surface area (Å²) in [6, 6.07) is 54.0. The van der Waals surface area contributed by atoms with Gasteiger partial charge in [0.1, 0.15) is 0 Å². The summed E-state index contributed by atoms with van der Waals surface area (Å²) in [5.41, 5.74) is 10.3. The molecule has 2 unspecified atom stereocenters. The van der Waals surface area contributed by atoms with E-state index >= 15 is 0 Å². The summed E-state index contributed by atoms with van der Waals surface area (Å²) in [4.78, 5) is 13.2. The highest BCUT2D eigenvalue weighted by Crippen LogP contribution is 2.43. The third-order valence-electron chi connectivity index (χ3n) is 10.4. The number of hydrogen-bond donors (Lipinski definition) is 0. The van der Waals surface area contributed by atoms with Gasteiger partial charge in [-0.15, -0.1) is 0 Å². The third-order valence-corrected chi connectivity index (χ3v) is 10.4. The second-order valence-electron chi connectivity index (χ2n) is 13.9. The van der Waals surface area contributed by atoms with Crippen molar-refractivity contribution in [2.24, 2.45) is 5.41 Å². The van der Waals surface area contributed by atoms with E-state index in [1.807, 2.05) is 0 Å². The Bertz CT molecular complexity index is 2520. The standard InChI is InChI=1S/C46H38N4/c1-32(33-16-6-3-7-17-33)49(36-20-10-5-11-21-36)31-46(2)29-28-34-26-27-38-37-22-13-15-25-42(37)50(44(38)40(34)30-46)45-47-41-24-14-12-23-39(41)43(48-45)35-18-8-4-9-19-35/h3-29,32H,30-31H2,1-2H3. The van der Waals surface area contributed by atoms with Gasteiger partial charge >= 0.3 is 0 Å². The van der Waals surface area contributed by atoms with Crippen molar-refractivity contribution in [3.8, 4) is 17.2 Å². The minimum atomic E-state index is -0.138. The Morgan fingerprint density at radius 2 is 1.34 bits per heavy atom. The van der Waals surface area contributed by atoms with Gasteiger partial charge in [0, 0.05) is 39.4 Å². The number of para-hydroxylation sites is 3. The highest BCUT2D eigenvalue weighted by Gasteiger charge is 2.33. The Morgan fingerprint density at radius 3 is 2.12 bits per heavy atom. The molecule has 8 aromatic rings. The van der Waals surface area contributed by atoms with Crippen LogP contribution in [0.2, 0.25) is 0 Å². The van der Waals surface area contributed by atoms with E-state index in [-0.39, 0.29) is 11.5 Å².